The first-order chi connectivity index (χ1) is 6.70. The van der Waals surface area contributed by atoms with E-state index in [0.717, 1.165) is 32.5 Å². The quantitative estimate of drug-likeness (QED) is 0.711. The van der Waals surface area contributed by atoms with Gasteiger partial charge in [0, 0.05) is 19.6 Å². The van der Waals surface area contributed by atoms with Gasteiger partial charge in [-0.2, -0.15) is 0 Å². The second-order valence-electron chi connectivity index (χ2n) is 4.34. The second-order valence-corrected chi connectivity index (χ2v) is 4.34. The molecule has 2 rings (SSSR count). The van der Waals surface area contributed by atoms with Gasteiger partial charge < -0.3 is 10.2 Å². The molecule has 2 fully saturated rings. The number of rotatable bonds is 2. The van der Waals surface area contributed by atoms with Gasteiger partial charge in [0.25, 0.3) is 0 Å². The summed E-state index contributed by atoms with van der Waals surface area (Å²) in [5.41, 5.74) is -1.29. The molecule has 3 nitrogen and oxygen atoms in total. The highest BCUT2D eigenvalue weighted by Gasteiger charge is 2.36. The molecule has 0 aliphatic carbocycles. The summed E-state index contributed by atoms with van der Waals surface area (Å²) in [6.45, 7) is 2.86. The van der Waals surface area contributed by atoms with Crippen molar-refractivity contribution in [1.82, 2.24) is 10.2 Å². The number of hydrogen-bond donors (Lipinski definition) is 1. The van der Waals surface area contributed by atoms with Crippen LogP contribution >= 0.6 is 0 Å². The summed E-state index contributed by atoms with van der Waals surface area (Å²) >= 11 is 0. The molecule has 2 saturated heterocycles. The van der Waals surface area contributed by atoms with E-state index in [1.807, 2.05) is 0 Å². The summed E-state index contributed by atoms with van der Waals surface area (Å²) in [6, 6.07) is 0. The minimum absolute atomic E-state index is 0.0116. The van der Waals surface area contributed by atoms with Crippen LogP contribution in [0.2, 0.25) is 0 Å². The molecule has 0 aromatic rings. The Morgan fingerprint density at radius 1 is 1.43 bits per heavy atom. The Kier molecular flexibility index (Phi) is 2.72. The summed E-state index contributed by atoms with van der Waals surface area (Å²) in [5.74, 6) is -0.0116. The van der Waals surface area contributed by atoms with Crippen LogP contribution < -0.4 is 5.32 Å². The van der Waals surface area contributed by atoms with E-state index < -0.39 is 5.67 Å². The Balaban J connectivity index is 1.84. The molecule has 1 atom stereocenters. The van der Waals surface area contributed by atoms with Crippen LogP contribution in [0.25, 0.3) is 0 Å². The highest BCUT2D eigenvalue weighted by molar-refractivity contribution is 5.78. The maximum absolute atomic E-state index is 14.0. The molecule has 0 bridgehead atoms. The van der Waals surface area contributed by atoms with Gasteiger partial charge in [0.15, 0.2) is 0 Å². The molecule has 1 unspecified atom stereocenters. The Labute approximate surface area is 83.6 Å². The molecule has 14 heavy (non-hydrogen) atoms. The van der Waals surface area contributed by atoms with E-state index in [1.165, 1.54) is 0 Å². The van der Waals surface area contributed by atoms with Gasteiger partial charge in [-0.05, 0) is 25.8 Å². The van der Waals surface area contributed by atoms with Gasteiger partial charge in [-0.3, -0.25) is 4.79 Å². The maximum atomic E-state index is 14.0. The van der Waals surface area contributed by atoms with Crippen molar-refractivity contribution < 1.29 is 9.18 Å². The molecule has 4 heteroatoms. The van der Waals surface area contributed by atoms with Crippen molar-refractivity contribution in [2.24, 2.45) is 0 Å². The van der Waals surface area contributed by atoms with Crippen molar-refractivity contribution >= 4 is 5.91 Å². The monoisotopic (exact) mass is 200 g/mol. The third-order valence-corrected chi connectivity index (χ3v) is 3.10. The summed E-state index contributed by atoms with van der Waals surface area (Å²) < 4.78 is 14.0. The zero-order chi connectivity index (χ0) is 10.0. The lowest BCUT2D eigenvalue weighted by Gasteiger charge is -2.35. The fraction of sp³-hybridized carbons (Fsp3) is 0.900. The Bertz CT molecular complexity index is 222. The zero-order valence-corrected chi connectivity index (χ0v) is 8.39. The van der Waals surface area contributed by atoms with Crippen LogP contribution in [0, 0.1) is 0 Å². The Hall–Kier alpha value is -0.640. The van der Waals surface area contributed by atoms with E-state index in [9.17, 15) is 9.18 Å². The van der Waals surface area contributed by atoms with Gasteiger partial charge in [0.2, 0.25) is 5.91 Å². The van der Waals surface area contributed by atoms with Crippen molar-refractivity contribution in [2.45, 2.75) is 31.4 Å². The van der Waals surface area contributed by atoms with Crippen LogP contribution in [0.15, 0.2) is 0 Å². The zero-order valence-electron chi connectivity index (χ0n) is 8.39. The van der Waals surface area contributed by atoms with Crippen LogP contribution in [-0.2, 0) is 4.79 Å². The first-order valence-electron chi connectivity index (χ1n) is 5.37. The normalized spacial score (nSPS) is 32.5. The first-order valence-corrected chi connectivity index (χ1v) is 5.37. The number of hydrogen-bond acceptors (Lipinski definition) is 2. The largest absolute Gasteiger partial charge is 0.342 e. The molecule has 80 valence electrons. The van der Waals surface area contributed by atoms with Crippen LogP contribution in [-0.4, -0.2) is 42.7 Å². The fourth-order valence-electron chi connectivity index (χ4n) is 2.03. The summed E-state index contributed by atoms with van der Waals surface area (Å²) in [7, 11) is 0. The van der Waals surface area contributed by atoms with Crippen molar-refractivity contribution in [1.29, 1.82) is 0 Å². The van der Waals surface area contributed by atoms with E-state index >= 15 is 0 Å². The average Bonchev–Trinajstić information content (AvgIpc) is 2.00. The molecule has 2 aliphatic heterocycles. The molecule has 0 spiro atoms. The number of piperidine rings is 1. The lowest BCUT2D eigenvalue weighted by Crippen LogP contribution is -2.49. The standard InChI is InChI=1S/C10H17FN2O/c11-10(3-1-4-12-8-10)7-9(14)13-5-2-6-13/h12H,1-8H2. The van der Waals surface area contributed by atoms with Gasteiger partial charge in [-0.15, -0.1) is 0 Å². The number of likely N-dealkylation sites (tertiary alicyclic amines) is 1. The summed E-state index contributed by atoms with van der Waals surface area (Å²) in [6.07, 6.45) is 2.51. The van der Waals surface area contributed by atoms with Crippen molar-refractivity contribution in [3.8, 4) is 0 Å². The lowest BCUT2D eigenvalue weighted by molar-refractivity contribution is -0.138. The predicted octanol–water partition coefficient (Wildman–Crippen LogP) is 0.700. The van der Waals surface area contributed by atoms with Crippen LogP contribution in [0.5, 0.6) is 0 Å². The molecule has 0 radical (unpaired) electrons. The highest BCUT2D eigenvalue weighted by atomic mass is 19.1. The first kappa shape index (κ1) is 9.90. The van der Waals surface area contributed by atoms with Crippen LogP contribution in [0.1, 0.15) is 25.7 Å². The Morgan fingerprint density at radius 2 is 2.21 bits per heavy atom. The lowest BCUT2D eigenvalue weighted by atomic mass is 9.91. The number of carbonyl (C=O) groups is 1. The predicted molar refractivity (Wildman–Crippen MR) is 51.8 cm³/mol. The number of nitrogens with one attached hydrogen (secondary N) is 1. The van der Waals surface area contributed by atoms with Gasteiger partial charge in [0.1, 0.15) is 5.67 Å². The molecule has 1 amide bonds. The van der Waals surface area contributed by atoms with Crippen LogP contribution in [0.4, 0.5) is 4.39 Å². The van der Waals surface area contributed by atoms with E-state index in [4.69, 9.17) is 0 Å². The minimum atomic E-state index is -1.29. The van der Waals surface area contributed by atoms with Gasteiger partial charge in [0.05, 0.1) is 6.42 Å². The van der Waals surface area contributed by atoms with Gasteiger partial charge in [-0.25, -0.2) is 4.39 Å². The van der Waals surface area contributed by atoms with Crippen LogP contribution in [0.3, 0.4) is 0 Å². The molecule has 2 heterocycles. The summed E-state index contributed by atoms with van der Waals surface area (Å²) in [4.78, 5) is 13.3. The van der Waals surface area contributed by atoms with Crippen molar-refractivity contribution in [3.05, 3.63) is 0 Å². The number of halogens is 1. The smallest absolute Gasteiger partial charge is 0.225 e. The fourth-order valence-corrected chi connectivity index (χ4v) is 2.03. The van der Waals surface area contributed by atoms with E-state index in [0.29, 0.717) is 13.0 Å². The average molecular weight is 200 g/mol. The van der Waals surface area contributed by atoms with Gasteiger partial charge in [-0.1, -0.05) is 0 Å². The topological polar surface area (TPSA) is 32.3 Å². The third kappa shape index (κ3) is 2.05. The molecular formula is C10H17FN2O. The third-order valence-electron chi connectivity index (χ3n) is 3.10. The number of alkyl halides is 1. The molecule has 0 aromatic heterocycles. The molecule has 0 saturated carbocycles. The number of nitrogens with zero attached hydrogens (tertiary/aromatic N) is 1. The molecule has 1 N–H and O–H groups in total. The van der Waals surface area contributed by atoms with Crippen molar-refractivity contribution in [2.75, 3.05) is 26.2 Å². The molecule has 0 aromatic carbocycles. The highest BCUT2D eigenvalue weighted by Crippen LogP contribution is 2.26. The SMILES string of the molecule is O=C(CC1(F)CCCNC1)N1CCC1. The minimum Gasteiger partial charge on any atom is -0.342 e. The second kappa shape index (κ2) is 3.85. The Morgan fingerprint density at radius 3 is 2.71 bits per heavy atom. The maximum Gasteiger partial charge on any atom is 0.225 e. The van der Waals surface area contributed by atoms with Gasteiger partial charge >= 0.3 is 0 Å². The van der Waals surface area contributed by atoms with E-state index in [-0.39, 0.29) is 12.3 Å². The number of carbonyl (C=O) groups excluding carboxylic acids is 1. The molecule has 2 aliphatic rings. The molecular weight excluding hydrogens is 183 g/mol. The van der Waals surface area contributed by atoms with E-state index in [2.05, 4.69) is 5.32 Å². The van der Waals surface area contributed by atoms with E-state index in [1.54, 1.807) is 4.90 Å². The summed E-state index contributed by atoms with van der Waals surface area (Å²) in [5, 5.41) is 3.01. The van der Waals surface area contributed by atoms with Crippen molar-refractivity contribution in [3.63, 3.8) is 0 Å². The number of amides is 1.